The van der Waals surface area contributed by atoms with Gasteiger partial charge in [-0.05, 0) is 31.4 Å². The lowest BCUT2D eigenvalue weighted by molar-refractivity contribution is -0.117. The van der Waals surface area contributed by atoms with E-state index in [9.17, 15) is 4.79 Å². The molecule has 0 bridgehead atoms. The molecular formula is C17H21N5OS. The van der Waals surface area contributed by atoms with Crippen LogP contribution >= 0.6 is 11.8 Å². The van der Waals surface area contributed by atoms with Gasteiger partial charge in [-0.1, -0.05) is 0 Å². The van der Waals surface area contributed by atoms with Crippen molar-refractivity contribution in [1.29, 1.82) is 0 Å². The van der Waals surface area contributed by atoms with E-state index >= 15 is 0 Å². The van der Waals surface area contributed by atoms with Crippen LogP contribution in [0.15, 0.2) is 35.6 Å². The first kappa shape index (κ1) is 15.5. The van der Waals surface area contributed by atoms with Crippen molar-refractivity contribution in [3.8, 4) is 0 Å². The number of nitrogens with one attached hydrogen (secondary N) is 2. The van der Waals surface area contributed by atoms with Gasteiger partial charge in [0, 0.05) is 48.4 Å². The van der Waals surface area contributed by atoms with Gasteiger partial charge in [0.25, 0.3) is 5.91 Å². The number of aromatic amines is 1. The molecule has 1 fully saturated rings. The summed E-state index contributed by atoms with van der Waals surface area (Å²) in [6, 6.07) is 4.45. The quantitative estimate of drug-likeness (QED) is 0.793. The van der Waals surface area contributed by atoms with Crippen LogP contribution in [0.4, 0.5) is 5.69 Å². The highest BCUT2D eigenvalue weighted by atomic mass is 32.2. The molecular weight excluding hydrogens is 322 g/mol. The van der Waals surface area contributed by atoms with E-state index in [1.165, 1.54) is 0 Å². The maximum atomic E-state index is 12.6. The molecule has 24 heavy (non-hydrogen) atoms. The monoisotopic (exact) mass is 343 g/mol. The van der Waals surface area contributed by atoms with Crippen LogP contribution in [0.2, 0.25) is 0 Å². The number of aromatic nitrogens is 2. The van der Waals surface area contributed by atoms with Crippen molar-refractivity contribution >= 4 is 34.4 Å². The van der Waals surface area contributed by atoms with Crippen molar-refractivity contribution in [3.63, 3.8) is 0 Å². The van der Waals surface area contributed by atoms with Crippen LogP contribution in [0.3, 0.4) is 0 Å². The predicted molar refractivity (Wildman–Crippen MR) is 97.7 cm³/mol. The summed E-state index contributed by atoms with van der Waals surface area (Å²) in [6.45, 7) is 0.875. The van der Waals surface area contributed by atoms with Gasteiger partial charge in [-0.15, -0.1) is 11.8 Å². The summed E-state index contributed by atoms with van der Waals surface area (Å²) in [6.07, 6.45) is 8.49. The molecule has 6 nitrogen and oxygen atoms in total. The number of fused-ring (bicyclic) bond motifs is 1. The normalized spacial score (nSPS) is 24.2. The van der Waals surface area contributed by atoms with Gasteiger partial charge in [0.05, 0.1) is 10.6 Å². The number of hydrogen-bond donors (Lipinski definition) is 3. The number of rotatable bonds is 3. The second-order valence-corrected chi connectivity index (χ2v) is 7.49. The smallest absolute Gasteiger partial charge is 0.259 e. The Labute approximate surface area is 144 Å². The van der Waals surface area contributed by atoms with Crippen molar-refractivity contribution < 1.29 is 4.79 Å². The average molecular weight is 343 g/mol. The fraction of sp³-hybridized carbons (Fsp3) is 0.412. The van der Waals surface area contributed by atoms with Gasteiger partial charge in [0.15, 0.2) is 0 Å². The molecule has 2 aromatic rings. The van der Waals surface area contributed by atoms with Gasteiger partial charge in [0.2, 0.25) is 0 Å². The Bertz CT molecular complexity index is 786. The largest absolute Gasteiger partial charge is 0.349 e. The molecule has 1 amide bonds. The summed E-state index contributed by atoms with van der Waals surface area (Å²) in [5.74, 6) is 0.903. The highest BCUT2D eigenvalue weighted by molar-refractivity contribution is 8.04. The standard InChI is InChI=1S/C17H21N5OS/c18-11-1-2-12(9-11)21-17(23)15-10-22(7-8-24-15)14-4-6-20-16-13(14)3-5-19-16/h3-6,10-12H,1-2,7-9,18H2,(H,19,20)(H,21,23)/t11-,12-/m1/s1. The Balaban J connectivity index is 1.54. The molecule has 1 aliphatic carbocycles. The molecule has 4 rings (SSSR count). The SMILES string of the molecule is N[C@@H]1CC[C@@H](NC(=O)C2=CN(c3ccnc4[nH]ccc34)CCS2)C1. The second-order valence-electron chi connectivity index (χ2n) is 6.35. The number of nitrogens with zero attached hydrogens (tertiary/aromatic N) is 2. The molecule has 1 saturated carbocycles. The molecule has 0 unspecified atom stereocenters. The summed E-state index contributed by atoms with van der Waals surface area (Å²) < 4.78 is 0. The fourth-order valence-corrected chi connectivity index (χ4v) is 4.31. The van der Waals surface area contributed by atoms with Gasteiger partial charge < -0.3 is 20.9 Å². The van der Waals surface area contributed by atoms with Gasteiger partial charge in [-0.25, -0.2) is 4.98 Å². The molecule has 4 N–H and O–H groups in total. The molecule has 2 atom stereocenters. The second kappa shape index (κ2) is 6.49. The third-order valence-corrected chi connectivity index (χ3v) is 5.63. The number of anilines is 1. The maximum Gasteiger partial charge on any atom is 0.259 e. The van der Waals surface area contributed by atoms with E-state index in [0.717, 1.165) is 53.2 Å². The summed E-state index contributed by atoms with van der Waals surface area (Å²) in [7, 11) is 0. The Hall–Kier alpha value is -1.99. The summed E-state index contributed by atoms with van der Waals surface area (Å²) in [5.41, 5.74) is 7.88. The van der Waals surface area contributed by atoms with Gasteiger partial charge in [-0.2, -0.15) is 0 Å². The van der Waals surface area contributed by atoms with Gasteiger partial charge >= 0.3 is 0 Å². The van der Waals surface area contributed by atoms with E-state index in [0.29, 0.717) is 0 Å². The van der Waals surface area contributed by atoms with E-state index < -0.39 is 0 Å². The van der Waals surface area contributed by atoms with Crippen LogP contribution in [-0.4, -0.2) is 40.3 Å². The zero-order valence-electron chi connectivity index (χ0n) is 13.4. The Kier molecular flexibility index (Phi) is 4.20. The Morgan fingerprint density at radius 1 is 1.42 bits per heavy atom. The van der Waals surface area contributed by atoms with Crippen LogP contribution < -0.4 is 16.0 Å². The van der Waals surface area contributed by atoms with Crippen LogP contribution in [-0.2, 0) is 4.79 Å². The zero-order valence-corrected chi connectivity index (χ0v) is 14.2. The number of thioether (sulfide) groups is 1. The van der Waals surface area contributed by atoms with Gasteiger partial charge in [-0.3, -0.25) is 4.79 Å². The first-order chi connectivity index (χ1) is 11.7. The third-order valence-electron chi connectivity index (χ3n) is 4.64. The van der Waals surface area contributed by atoms with Crippen molar-refractivity contribution in [2.75, 3.05) is 17.2 Å². The Morgan fingerprint density at radius 3 is 3.17 bits per heavy atom. The number of amides is 1. The van der Waals surface area contributed by atoms with E-state index in [1.54, 1.807) is 18.0 Å². The molecule has 0 aromatic carbocycles. The first-order valence-electron chi connectivity index (χ1n) is 8.30. The number of H-pyrrole nitrogens is 1. The summed E-state index contributed by atoms with van der Waals surface area (Å²) >= 11 is 1.61. The summed E-state index contributed by atoms with van der Waals surface area (Å²) in [4.78, 5) is 22.9. The van der Waals surface area contributed by atoms with E-state index in [-0.39, 0.29) is 18.0 Å². The number of pyridine rings is 1. The van der Waals surface area contributed by atoms with Crippen LogP contribution in [0.1, 0.15) is 19.3 Å². The molecule has 2 aliphatic rings. The topological polar surface area (TPSA) is 87.0 Å². The van der Waals surface area contributed by atoms with Crippen molar-refractivity contribution in [3.05, 3.63) is 35.6 Å². The zero-order chi connectivity index (χ0) is 16.5. The van der Waals surface area contributed by atoms with Crippen molar-refractivity contribution in [1.82, 2.24) is 15.3 Å². The van der Waals surface area contributed by atoms with Crippen LogP contribution in [0.5, 0.6) is 0 Å². The molecule has 126 valence electrons. The number of nitrogens with two attached hydrogens (primary N) is 1. The number of hydrogen-bond acceptors (Lipinski definition) is 5. The number of carbonyl (C=O) groups is 1. The average Bonchev–Trinajstić information content (AvgIpc) is 3.23. The number of carbonyl (C=O) groups excluding carboxylic acids is 1. The third kappa shape index (κ3) is 3.01. The predicted octanol–water partition coefficient (Wildman–Crippen LogP) is 1.95. The highest BCUT2D eigenvalue weighted by Gasteiger charge is 2.26. The van der Waals surface area contributed by atoms with Crippen molar-refractivity contribution in [2.45, 2.75) is 31.3 Å². The minimum absolute atomic E-state index is 0.0168. The molecule has 0 saturated heterocycles. The van der Waals surface area contributed by atoms with Gasteiger partial charge in [0.1, 0.15) is 5.65 Å². The van der Waals surface area contributed by atoms with E-state index in [1.807, 2.05) is 24.5 Å². The molecule has 1 aliphatic heterocycles. The minimum atomic E-state index is 0.0168. The maximum absolute atomic E-state index is 12.6. The molecule has 7 heteroatoms. The van der Waals surface area contributed by atoms with E-state index in [2.05, 4.69) is 20.2 Å². The molecule has 3 heterocycles. The van der Waals surface area contributed by atoms with Crippen LogP contribution in [0, 0.1) is 0 Å². The molecule has 2 aromatic heterocycles. The first-order valence-corrected chi connectivity index (χ1v) is 9.29. The highest BCUT2D eigenvalue weighted by Crippen LogP contribution is 2.30. The molecule has 0 spiro atoms. The lowest BCUT2D eigenvalue weighted by Crippen LogP contribution is -2.36. The molecule has 0 radical (unpaired) electrons. The lowest BCUT2D eigenvalue weighted by Gasteiger charge is -2.27. The Morgan fingerprint density at radius 2 is 2.33 bits per heavy atom. The fourth-order valence-electron chi connectivity index (χ4n) is 3.41. The van der Waals surface area contributed by atoms with Crippen molar-refractivity contribution in [2.24, 2.45) is 5.73 Å². The summed E-state index contributed by atoms with van der Waals surface area (Å²) in [5, 5.41) is 4.20. The lowest BCUT2D eigenvalue weighted by atomic mass is 10.2. The van der Waals surface area contributed by atoms with E-state index in [4.69, 9.17) is 5.73 Å². The minimum Gasteiger partial charge on any atom is -0.349 e. The van der Waals surface area contributed by atoms with Crippen LogP contribution in [0.25, 0.3) is 11.0 Å².